The molecule has 1 aromatic heterocycles. The van der Waals surface area contributed by atoms with Gasteiger partial charge in [0.25, 0.3) is 5.56 Å². The van der Waals surface area contributed by atoms with Crippen LogP contribution in [0.5, 0.6) is 0 Å². The molecule has 2 N–H and O–H groups in total. The Hall–Kier alpha value is -2.94. The summed E-state index contributed by atoms with van der Waals surface area (Å²) in [7, 11) is -3.73. The van der Waals surface area contributed by atoms with Crippen LogP contribution in [0.25, 0.3) is 10.9 Å². The molecule has 0 aliphatic heterocycles. The van der Waals surface area contributed by atoms with Gasteiger partial charge in [0, 0.05) is 12.3 Å². The molecule has 0 aliphatic rings. The molecule has 0 fully saturated rings. The summed E-state index contributed by atoms with van der Waals surface area (Å²) in [5.41, 5.74) is 2.66. The molecule has 0 spiro atoms. The molecule has 8 heteroatoms. The van der Waals surface area contributed by atoms with Crippen molar-refractivity contribution in [3.63, 3.8) is 0 Å². The lowest BCUT2D eigenvalue weighted by Gasteiger charge is -2.13. The van der Waals surface area contributed by atoms with Gasteiger partial charge in [-0.3, -0.25) is 9.36 Å². The third-order valence-corrected chi connectivity index (χ3v) is 6.89. The molecule has 3 aromatic carbocycles. The number of rotatable bonds is 7. The maximum absolute atomic E-state index is 13.2. The normalized spacial score (nSPS) is 11.6. The molecular weight excluding hydrogens is 430 g/mol. The fraction of sp³-hybridized carbons (Fsp3) is 0.130. The SMILES string of the molecule is NS(=O)(=O)c1ccc(CCn2c(SCc3ccccc3)nc3ccccc3c2=O)cc1. The van der Waals surface area contributed by atoms with E-state index in [0.717, 1.165) is 11.1 Å². The fourth-order valence-corrected chi connectivity index (χ4v) is 4.76. The van der Waals surface area contributed by atoms with Crippen LogP contribution >= 0.6 is 11.8 Å². The van der Waals surface area contributed by atoms with Crippen LogP contribution in [0.15, 0.2) is 93.7 Å². The first kappa shape index (κ1) is 21.3. The van der Waals surface area contributed by atoms with Gasteiger partial charge in [-0.25, -0.2) is 18.5 Å². The maximum Gasteiger partial charge on any atom is 0.262 e. The molecule has 0 unspecified atom stereocenters. The number of para-hydroxylation sites is 1. The second-order valence-corrected chi connectivity index (χ2v) is 9.59. The molecule has 31 heavy (non-hydrogen) atoms. The number of primary sulfonamides is 1. The van der Waals surface area contributed by atoms with Crippen LogP contribution in [0, 0.1) is 0 Å². The van der Waals surface area contributed by atoms with Crippen LogP contribution in [-0.4, -0.2) is 18.0 Å². The second-order valence-electron chi connectivity index (χ2n) is 7.08. The van der Waals surface area contributed by atoms with Crippen molar-refractivity contribution < 1.29 is 8.42 Å². The number of aryl methyl sites for hydroxylation is 1. The average molecular weight is 452 g/mol. The Labute approximate surface area is 184 Å². The van der Waals surface area contributed by atoms with Gasteiger partial charge in [0.2, 0.25) is 10.0 Å². The van der Waals surface area contributed by atoms with Gasteiger partial charge in [-0.05, 0) is 41.8 Å². The van der Waals surface area contributed by atoms with Crippen LogP contribution in [-0.2, 0) is 28.7 Å². The number of fused-ring (bicyclic) bond motifs is 1. The Balaban J connectivity index is 1.63. The molecule has 0 bridgehead atoms. The summed E-state index contributed by atoms with van der Waals surface area (Å²) in [5, 5.41) is 6.40. The van der Waals surface area contributed by atoms with Gasteiger partial charge in [0.05, 0.1) is 15.8 Å². The predicted octanol–water partition coefficient (Wildman–Crippen LogP) is 3.58. The lowest BCUT2D eigenvalue weighted by atomic mass is 10.1. The van der Waals surface area contributed by atoms with Gasteiger partial charge in [-0.1, -0.05) is 66.4 Å². The second kappa shape index (κ2) is 9.05. The van der Waals surface area contributed by atoms with E-state index < -0.39 is 10.0 Å². The zero-order chi connectivity index (χ0) is 21.8. The highest BCUT2D eigenvalue weighted by molar-refractivity contribution is 7.98. The molecule has 0 saturated heterocycles. The van der Waals surface area contributed by atoms with E-state index in [2.05, 4.69) is 0 Å². The van der Waals surface area contributed by atoms with Crippen LogP contribution in [0.3, 0.4) is 0 Å². The largest absolute Gasteiger partial charge is 0.287 e. The van der Waals surface area contributed by atoms with E-state index in [9.17, 15) is 13.2 Å². The van der Waals surface area contributed by atoms with E-state index in [-0.39, 0.29) is 10.5 Å². The van der Waals surface area contributed by atoms with Crippen molar-refractivity contribution in [2.24, 2.45) is 5.14 Å². The van der Waals surface area contributed by atoms with Gasteiger partial charge in [0.1, 0.15) is 0 Å². The van der Waals surface area contributed by atoms with Gasteiger partial charge in [-0.2, -0.15) is 0 Å². The standard InChI is InChI=1S/C23H21N3O3S2/c24-31(28,29)19-12-10-17(11-13-19)14-15-26-22(27)20-8-4-5-9-21(20)25-23(26)30-16-18-6-2-1-3-7-18/h1-13H,14-16H2,(H2,24,28,29). The van der Waals surface area contributed by atoms with Crippen molar-refractivity contribution in [2.45, 2.75) is 28.8 Å². The van der Waals surface area contributed by atoms with E-state index in [1.54, 1.807) is 22.8 Å². The molecule has 0 amide bonds. The minimum absolute atomic E-state index is 0.0693. The number of hydrogen-bond donors (Lipinski definition) is 1. The summed E-state index contributed by atoms with van der Waals surface area (Å²) in [5.74, 6) is 0.703. The zero-order valence-corrected chi connectivity index (χ0v) is 18.3. The third kappa shape index (κ3) is 5.04. The Morgan fingerprint density at radius 2 is 1.55 bits per heavy atom. The van der Waals surface area contributed by atoms with Gasteiger partial charge >= 0.3 is 0 Å². The van der Waals surface area contributed by atoms with E-state index in [4.69, 9.17) is 10.1 Å². The van der Waals surface area contributed by atoms with E-state index in [1.807, 2.05) is 48.5 Å². The number of hydrogen-bond acceptors (Lipinski definition) is 5. The van der Waals surface area contributed by atoms with Crippen molar-refractivity contribution in [1.82, 2.24) is 9.55 Å². The first-order valence-corrected chi connectivity index (χ1v) is 12.2. The van der Waals surface area contributed by atoms with Crippen molar-refractivity contribution in [3.8, 4) is 0 Å². The van der Waals surface area contributed by atoms with E-state index in [0.29, 0.717) is 34.8 Å². The summed E-state index contributed by atoms with van der Waals surface area (Å²) < 4.78 is 24.6. The molecule has 0 aliphatic carbocycles. The summed E-state index contributed by atoms with van der Waals surface area (Å²) >= 11 is 1.53. The lowest BCUT2D eigenvalue weighted by Crippen LogP contribution is -2.24. The number of benzene rings is 3. The molecule has 6 nitrogen and oxygen atoms in total. The van der Waals surface area contributed by atoms with Crippen LogP contribution in [0.1, 0.15) is 11.1 Å². The molecule has 0 atom stereocenters. The number of nitrogens with zero attached hydrogens (tertiary/aromatic N) is 2. The Morgan fingerprint density at radius 3 is 2.26 bits per heavy atom. The monoisotopic (exact) mass is 451 g/mol. The molecule has 4 aromatic rings. The number of aromatic nitrogens is 2. The van der Waals surface area contributed by atoms with Gasteiger partial charge in [-0.15, -0.1) is 0 Å². The molecule has 4 rings (SSSR count). The highest BCUT2D eigenvalue weighted by Gasteiger charge is 2.12. The Bertz CT molecular complexity index is 1370. The molecule has 0 radical (unpaired) electrons. The predicted molar refractivity (Wildman–Crippen MR) is 124 cm³/mol. The number of sulfonamides is 1. The average Bonchev–Trinajstić information content (AvgIpc) is 2.77. The van der Waals surface area contributed by atoms with Crippen LogP contribution < -0.4 is 10.7 Å². The zero-order valence-electron chi connectivity index (χ0n) is 16.6. The highest BCUT2D eigenvalue weighted by atomic mass is 32.2. The Kier molecular flexibility index (Phi) is 6.22. The van der Waals surface area contributed by atoms with Gasteiger partial charge < -0.3 is 0 Å². The maximum atomic E-state index is 13.2. The number of thioether (sulfide) groups is 1. The lowest BCUT2D eigenvalue weighted by molar-refractivity contribution is 0.594. The topological polar surface area (TPSA) is 95.1 Å². The summed E-state index contributed by atoms with van der Waals surface area (Å²) in [6, 6.07) is 23.8. The smallest absolute Gasteiger partial charge is 0.262 e. The summed E-state index contributed by atoms with van der Waals surface area (Å²) in [4.78, 5) is 18.0. The molecule has 158 valence electrons. The van der Waals surface area contributed by atoms with Crippen molar-refractivity contribution in [3.05, 3.63) is 100 Å². The molecule has 0 saturated carbocycles. The van der Waals surface area contributed by atoms with Crippen LogP contribution in [0.4, 0.5) is 0 Å². The first-order valence-electron chi connectivity index (χ1n) is 9.70. The minimum Gasteiger partial charge on any atom is -0.287 e. The van der Waals surface area contributed by atoms with Crippen LogP contribution in [0.2, 0.25) is 0 Å². The quantitative estimate of drug-likeness (QED) is 0.342. The third-order valence-electron chi connectivity index (χ3n) is 4.91. The van der Waals surface area contributed by atoms with Crippen molar-refractivity contribution in [1.29, 1.82) is 0 Å². The Morgan fingerprint density at radius 1 is 0.871 bits per heavy atom. The number of nitrogens with two attached hydrogens (primary N) is 1. The summed E-state index contributed by atoms with van der Waals surface area (Å²) in [6.07, 6.45) is 0.559. The molecule has 1 heterocycles. The van der Waals surface area contributed by atoms with Crippen molar-refractivity contribution >= 4 is 32.7 Å². The van der Waals surface area contributed by atoms with Crippen molar-refractivity contribution in [2.75, 3.05) is 0 Å². The molecular formula is C23H21N3O3S2. The summed E-state index contributed by atoms with van der Waals surface area (Å²) in [6.45, 7) is 0.433. The fourth-order valence-electron chi connectivity index (χ4n) is 3.26. The minimum atomic E-state index is -3.73. The highest BCUT2D eigenvalue weighted by Crippen LogP contribution is 2.22. The van der Waals surface area contributed by atoms with Gasteiger partial charge in [0.15, 0.2) is 5.16 Å². The van der Waals surface area contributed by atoms with E-state index >= 15 is 0 Å². The van der Waals surface area contributed by atoms with E-state index in [1.165, 1.54) is 23.9 Å². The first-order chi connectivity index (χ1) is 14.9.